The molecular formula is C20H21N3O2. The van der Waals surface area contributed by atoms with Gasteiger partial charge in [-0.15, -0.1) is 0 Å². The first-order valence-electron chi connectivity index (χ1n) is 8.32. The van der Waals surface area contributed by atoms with E-state index in [9.17, 15) is 4.79 Å². The van der Waals surface area contributed by atoms with Gasteiger partial charge >= 0.3 is 0 Å². The second-order valence-electron chi connectivity index (χ2n) is 5.70. The van der Waals surface area contributed by atoms with Crippen molar-refractivity contribution >= 4 is 23.3 Å². The van der Waals surface area contributed by atoms with E-state index in [1.165, 1.54) is 6.08 Å². The molecule has 0 aliphatic rings. The van der Waals surface area contributed by atoms with Crippen molar-refractivity contribution < 1.29 is 9.53 Å². The minimum atomic E-state index is -0.187. The molecule has 1 aromatic carbocycles. The van der Waals surface area contributed by atoms with Crippen LogP contribution in [0.3, 0.4) is 0 Å². The number of amides is 1. The van der Waals surface area contributed by atoms with Crippen LogP contribution in [0.4, 0.5) is 5.69 Å². The number of aromatic nitrogens is 2. The Kier molecular flexibility index (Phi) is 5.14. The second-order valence-corrected chi connectivity index (χ2v) is 5.70. The molecule has 3 aromatic rings. The Morgan fingerprint density at radius 3 is 2.96 bits per heavy atom. The van der Waals surface area contributed by atoms with Gasteiger partial charge in [0.15, 0.2) is 0 Å². The SMILES string of the molecule is CCCOc1ccccc1/C=C/C(=O)Nc1ccc2nccn2c1C. The lowest BCUT2D eigenvalue weighted by atomic mass is 10.2. The second kappa shape index (κ2) is 7.66. The summed E-state index contributed by atoms with van der Waals surface area (Å²) >= 11 is 0. The lowest BCUT2D eigenvalue weighted by molar-refractivity contribution is -0.111. The van der Waals surface area contributed by atoms with Crippen LogP contribution in [-0.4, -0.2) is 21.9 Å². The Morgan fingerprint density at radius 2 is 2.12 bits per heavy atom. The zero-order valence-corrected chi connectivity index (χ0v) is 14.4. The highest BCUT2D eigenvalue weighted by atomic mass is 16.5. The number of aryl methyl sites for hydroxylation is 1. The lowest BCUT2D eigenvalue weighted by Crippen LogP contribution is -2.10. The number of anilines is 1. The third kappa shape index (κ3) is 3.88. The highest BCUT2D eigenvalue weighted by molar-refractivity contribution is 6.02. The topological polar surface area (TPSA) is 55.6 Å². The Hall–Kier alpha value is -3.08. The minimum Gasteiger partial charge on any atom is -0.493 e. The largest absolute Gasteiger partial charge is 0.493 e. The van der Waals surface area contributed by atoms with Crippen LogP contribution < -0.4 is 10.1 Å². The van der Waals surface area contributed by atoms with Crippen LogP contribution in [0.5, 0.6) is 5.75 Å². The van der Waals surface area contributed by atoms with E-state index >= 15 is 0 Å². The molecule has 128 valence electrons. The third-order valence-corrected chi connectivity index (χ3v) is 3.87. The minimum absolute atomic E-state index is 0.187. The molecule has 5 nitrogen and oxygen atoms in total. The van der Waals surface area contributed by atoms with Gasteiger partial charge in [-0.05, 0) is 37.6 Å². The van der Waals surface area contributed by atoms with E-state index in [4.69, 9.17) is 4.74 Å². The van der Waals surface area contributed by atoms with Gasteiger partial charge in [0.25, 0.3) is 0 Å². The number of hydrogen-bond donors (Lipinski definition) is 1. The van der Waals surface area contributed by atoms with Gasteiger partial charge in [-0.1, -0.05) is 25.1 Å². The fourth-order valence-electron chi connectivity index (χ4n) is 2.56. The maximum atomic E-state index is 12.3. The Labute approximate surface area is 147 Å². The van der Waals surface area contributed by atoms with E-state index in [0.29, 0.717) is 6.61 Å². The summed E-state index contributed by atoms with van der Waals surface area (Å²) in [6, 6.07) is 11.4. The van der Waals surface area contributed by atoms with Gasteiger partial charge in [0, 0.05) is 29.7 Å². The summed E-state index contributed by atoms with van der Waals surface area (Å²) in [6.45, 7) is 4.66. The van der Waals surface area contributed by atoms with Gasteiger partial charge in [-0.3, -0.25) is 4.79 Å². The molecule has 0 aliphatic carbocycles. The molecule has 2 aromatic heterocycles. The van der Waals surface area contributed by atoms with E-state index in [2.05, 4.69) is 17.2 Å². The smallest absolute Gasteiger partial charge is 0.248 e. The number of carbonyl (C=O) groups excluding carboxylic acids is 1. The first kappa shape index (κ1) is 16.8. The lowest BCUT2D eigenvalue weighted by Gasteiger charge is -2.09. The molecule has 3 rings (SSSR count). The van der Waals surface area contributed by atoms with Crippen LogP contribution in [0.25, 0.3) is 11.7 Å². The number of benzene rings is 1. The van der Waals surface area contributed by atoms with Crippen molar-refractivity contribution in [3.8, 4) is 5.75 Å². The fraction of sp³-hybridized carbons (Fsp3) is 0.200. The number of imidazole rings is 1. The monoisotopic (exact) mass is 335 g/mol. The van der Waals surface area contributed by atoms with Crippen LogP contribution in [0.2, 0.25) is 0 Å². The number of carbonyl (C=O) groups is 1. The average Bonchev–Trinajstić information content (AvgIpc) is 3.11. The summed E-state index contributed by atoms with van der Waals surface area (Å²) in [4.78, 5) is 16.5. The van der Waals surface area contributed by atoms with E-state index in [-0.39, 0.29) is 5.91 Å². The van der Waals surface area contributed by atoms with Gasteiger partial charge in [-0.2, -0.15) is 0 Å². The van der Waals surface area contributed by atoms with Crippen molar-refractivity contribution in [1.29, 1.82) is 0 Å². The Balaban J connectivity index is 1.73. The van der Waals surface area contributed by atoms with Crippen molar-refractivity contribution in [2.75, 3.05) is 11.9 Å². The molecule has 0 unspecified atom stereocenters. The van der Waals surface area contributed by atoms with E-state index in [0.717, 1.165) is 34.8 Å². The molecule has 5 heteroatoms. The van der Waals surface area contributed by atoms with Gasteiger partial charge in [0.2, 0.25) is 5.91 Å². The number of pyridine rings is 1. The van der Waals surface area contributed by atoms with Crippen LogP contribution in [0.15, 0.2) is 54.9 Å². The Morgan fingerprint density at radius 1 is 1.28 bits per heavy atom. The van der Waals surface area contributed by atoms with Gasteiger partial charge in [0.1, 0.15) is 11.4 Å². The average molecular weight is 335 g/mol. The highest BCUT2D eigenvalue weighted by Crippen LogP contribution is 2.20. The quantitative estimate of drug-likeness (QED) is 0.691. The van der Waals surface area contributed by atoms with Crippen molar-refractivity contribution in [3.05, 3.63) is 66.1 Å². The fourth-order valence-corrected chi connectivity index (χ4v) is 2.56. The summed E-state index contributed by atoms with van der Waals surface area (Å²) in [5, 5.41) is 2.91. The first-order valence-corrected chi connectivity index (χ1v) is 8.32. The third-order valence-electron chi connectivity index (χ3n) is 3.87. The molecule has 0 saturated carbocycles. The predicted octanol–water partition coefficient (Wildman–Crippen LogP) is 4.08. The predicted molar refractivity (Wildman–Crippen MR) is 99.8 cm³/mol. The summed E-state index contributed by atoms with van der Waals surface area (Å²) < 4.78 is 7.64. The molecule has 25 heavy (non-hydrogen) atoms. The molecular weight excluding hydrogens is 314 g/mol. The van der Waals surface area contributed by atoms with Crippen molar-refractivity contribution in [1.82, 2.24) is 9.38 Å². The number of nitrogens with one attached hydrogen (secondary N) is 1. The number of ether oxygens (including phenoxy) is 1. The summed E-state index contributed by atoms with van der Waals surface area (Å²) in [7, 11) is 0. The van der Waals surface area contributed by atoms with E-state index in [1.54, 1.807) is 12.3 Å². The Bertz CT molecular complexity index is 912. The zero-order valence-electron chi connectivity index (χ0n) is 14.4. The maximum absolute atomic E-state index is 12.3. The van der Waals surface area contributed by atoms with Crippen LogP contribution in [-0.2, 0) is 4.79 Å². The number of nitrogens with zero attached hydrogens (tertiary/aromatic N) is 2. The summed E-state index contributed by atoms with van der Waals surface area (Å²) in [5.74, 6) is 0.595. The first-order chi connectivity index (χ1) is 12.2. The van der Waals surface area contributed by atoms with Gasteiger partial charge in [0.05, 0.1) is 12.3 Å². The standard InChI is InChI=1S/C20H21N3O2/c1-3-14-25-18-7-5-4-6-16(18)8-11-20(24)22-17-9-10-19-21-12-13-23(19)15(17)2/h4-13H,3,14H2,1-2H3,(H,22,24)/b11-8+. The molecule has 0 atom stereocenters. The molecule has 1 amide bonds. The normalized spacial score (nSPS) is 11.1. The highest BCUT2D eigenvalue weighted by Gasteiger charge is 2.06. The molecule has 0 radical (unpaired) electrons. The summed E-state index contributed by atoms with van der Waals surface area (Å²) in [6.07, 6.45) is 7.84. The van der Waals surface area contributed by atoms with Crippen LogP contribution in [0.1, 0.15) is 24.6 Å². The molecule has 2 heterocycles. The van der Waals surface area contributed by atoms with Crippen molar-refractivity contribution in [3.63, 3.8) is 0 Å². The van der Waals surface area contributed by atoms with Crippen LogP contribution >= 0.6 is 0 Å². The molecule has 0 spiro atoms. The van der Waals surface area contributed by atoms with Crippen LogP contribution in [0, 0.1) is 6.92 Å². The zero-order chi connectivity index (χ0) is 17.6. The van der Waals surface area contributed by atoms with Gasteiger partial charge < -0.3 is 14.5 Å². The summed E-state index contributed by atoms with van der Waals surface area (Å²) in [5.41, 5.74) is 3.43. The van der Waals surface area contributed by atoms with E-state index < -0.39 is 0 Å². The maximum Gasteiger partial charge on any atom is 0.248 e. The van der Waals surface area contributed by atoms with E-state index in [1.807, 2.05) is 53.9 Å². The number of hydrogen-bond acceptors (Lipinski definition) is 3. The molecule has 0 fully saturated rings. The number of rotatable bonds is 6. The number of para-hydroxylation sites is 1. The molecule has 1 N–H and O–H groups in total. The molecule has 0 aliphatic heterocycles. The molecule has 0 saturated heterocycles. The van der Waals surface area contributed by atoms with Gasteiger partial charge in [-0.25, -0.2) is 4.98 Å². The van der Waals surface area contributed by atoms with Crippen molar-refractivity contribution in [2.45, 2.75) is 20.3 Å². The number of fused-ring (bicyclic) bond motifs is 1. The molecule has 0 bridgehead atoms. The van der Waals surface area contributed by atoms with Crippen molar-refractivity contribution in [2.24, 2.45) is 0 Å².